The van der Waals surface area contributed by atoms with E-state index in [4.69, 9.17) is 0 Å². The molecule has 1 saturated heterocycles. The molecular formula is C20H30N4O2. The van der Waals surface area contributed by atoms with E-state index >= 15 is 0 Å². The van der Waals surface area contributed by atoms with Crippen molar-refractivity contribution in [3.8, 4) is 0 Å². The molecule has 2 fully saturated rings. The number of hydrogen-bond acceptors (Lipinski definition) is 4. The smallest absolute Gasteiger partial charge is 0.244 e. The average Bonchev–Trinajstić information content (AvgIpc) is 3.47. The molecule has 2 amide bonds. The second kappa shape index (κ2) is 8.64. The van der Waals surface area contributed by atoms with Gasteiger partial charge in [0, 0.05) is 44.5 Å². The van der Waals surface area contributed by atoms with Crippen molar-refractivity contribution in [3.63, 3.8) is 0 Å². The Morgan fingerprint density at radius 2 is 1.81 bits per heavy atom. The van der Waals surface area contributed by atoms with E-state index < -0.39 is 0 Å². The van der Waals surface area contributed by atoms with E-state index in [1.165, 1.54) is 0 Å². The molecule has 142 valence electrons. The topological polar surface area (TPSA) is 55.9 Å². The predicted molar refractivity (Wildman–Crippen MR) is 103 cm³/mol. The second-order valence-electron chi connectivity index (χ2n) is 7.25. The maximum Gasteiger partial charge on any atom is 0.244 e. The minimum absolute atomic E-state index is 0.131. The Hall–Kier alpha value is -1.92. The van der Waals surface area contributed by atoms with Gasteiger partial charge in [-0.05, 0) is 38.8 Å². The number of benzene rings is 1. The molecule has 1 N–H and O–H groups in total. The van der Waals surface area contributed by atoms with Gasteiger partial charge in [0.15, 0.2) is 0 Å². The van der Waals surface area contributed by atoms with Crippen LogP contribution in [0.3, 0.4) is 0 Å². The van der Waals surface area contributed by atoms with Gasteiger partial charge >= 0.3 is 0 Å². The number of likely N-dealkylation sites (N-methyl/N-ethyl adjacent to an activating group) is 1. The molecule has 6 heteroatoms. The highest BCUT2D eigenvalue weighted by Crippen LogP contribution is 2.19. The zero-order valence-corrected chi connectivity index (χ0v) is 15.9. The maximum atomic E-state index is 13.0. The second-order valence-corrected chi connectivity index (χ2v) is 7.25. The fourth-order valence-corrected chi connectivity index (χ4v) is 3.47. The van der Waals surface area contributed by atoms with Gasteiger partial charge in [-0.3, -0.25) is 19.4 Å². The minimum Gasteiger partial charge on any atom is -0.352 e. The Morgan fingerprint density at radius 1 is 1.15 bits per heavy atom. The number of nitrogens with one attached hydrogen (secondary N) is 1. The molecule has 0 spiro atoms. The van der Waals surface area contributed by atoms with Crippen LogP contribution in [0.1, 0.15) is 26.7 Å². The van der Waals surface area contributed by atoms with Crippen LogP contribution in [-0.2, 0) is 9.59 Å². The summed E-state index contributed by atoms with van der Waals surface area (Å²) in [6.45, 7) is 8.41. The predicted octanol–water partition coefficient (Wildman–Crippen LogP) is 1.32. The number of para-hydroxylation sites is 1. The molecular weight excluding hydrogens is 328 g/mol. The molecule has 26 heavy (non-hydrogen) atoms. The highest BCUT2D eigenvalue weighted by molar-refractivity contribution is 5.96. The number of carbonyl (C=O) groups excluding carboxylic acids is 2. The van der Waals surface area contributed by atoms with E-state index in [1.807, 2.05) is 49.1 Å². The summed E-state index contributed by atoms with van der Waals surface area (Å²) in [6.07, 6.45) is 2.24. The van der Waals surface area contributed by atoms with Gasteiger partial charge in [-0.1, -0.05) is 18.2 Å². The summed E-state index contributed by atoms with van der Waals surface area (Å²) in [5.74, 6) is 0.268. The molecule has 2 aliphatic rings. The Labute approximate surface area is 156 Å². The molecule has 1 saturated carbocycles. The largest absolute Gasteiger partial charge is 0.352 e. The van der Waals surface area contributed by atoms with Gasteiger partial charge < -0.3 is 10.2 Å². The zero-order valence-electron chi connectivity index (χ0n) is 15.9. The van der Waals surface area contributed by atoms with Crippen molar-refractivity contribution in [1.82, 2.24) is 15.1 Å². The highest BCUT2D eigenvalue weighted by atomic mass is 16.2. The van der Waals surface area contributed by atoms with Crippen molar-refractivity contribution in [2.24, 2.45) is 0 Å². The van der Waals surface area contributed by atoms with E-state index in [2.05, 4.69) is 15.1 Å². The van der Waals surface area contributed by atoms with Crippen LogP contribution in [0, 0.1) is 0 Å². The molecule has 1 aliphatic heterocycles. The average molecular weight is 358 g/mol. The summed E-state index contributed by atoms with van der Waals surface area (Å²) in [5, 5.41) is 3.04. The molecule has 3 rings (SSSR count). The monoisotopic (exact) mass is 358 g/mol. The van der Waals surface area contributed by atoms with E-state index in [0.717, 1.165) is 44.7 Å². The third-order valence-corrected chi connectivity index (χ3v) is 5.27. The maximum absolute atomic E-state index is 13.0. The molecule has 6 nitrogen and oxygen atoms in total. The van der Waals surface area contributed by atoms with E-state index in [1.54, 1.807) is 0 Å². The molecule has 0 radical (unpaired) electrons. The summed E-state index contributed by atoms with van der Waals surface area (Å²) < 4.78 is 0. The molecule has 1 aromatic carbocycles. The molecule has 1 atom stereocenters. The van der Waals surface area contributed by atoms with Crippen molar-refractivity contribution in [1.29, 1.82) is 0 Å². The highest BCUT2D eigenvalue weighted by Gasteiger charge is 2.30. The molecule has 0 aromatic heterocycles. The van der Waals surface area contributed by atoms with E-state index in [-0.39, 0.29) is 17.9 Å². The molecule has 1 aromatic rings. The fraction of sp³-hybridized carbons (Fsp3) is 0.600. The summed E-state index contributed by atoms with van der Waals surface area (Å²) >= 11 is 0. The standard InChI is InChI=1S/C20H30N4O2/c1-3-24(18-7-5-4-6-8-18)20(26)16(2)23-13-11-22(12-14-23)15-19(25)21-17-9-10-17/h4-8,16-17H,3,9-15H2,1-2H3,(H,21,25). The number of carbonyl (C=O) groups is 2. The van der Waals surface area contributed by atoms with Crippen LogP contribution in [0.4, 0.5) is 5.69 Å². The summed E-state index contributed by atoms with van der Waals surface area (Å²) in [5.41, 5.74) is 0.947. The van der Waals surface area contributed by atoms with Gasteiger partial charge in [0.05, 0.1) is 12.6 Å². The zero-order chi connectivity index (χ0) is 18.5. The lowest BCUT2D eigenvalue weighted by Crippen LogP contribution is -2.55. The van der Waals surface area contributed by atoms with Crippen LogP contribution in [0.25, 0.3) is 0 Å². The lowest BCUT2D eigenvalue weighted by atomic mass is 10.1. The van der Waals surface area contributed by atoms with E-state index in [9.17, 15) is 9.59 Å². The first-order chi connectivity index (χ1) is 12.6. The fourth-order valence-electron chi connectivity index (χ4n) is 3.47. The van der Waals surface area contributed by atoms with Crippen molar-refractivity contribution >= 4 is 17.5 Å². The van der Waals surface area contributed by atoms with Crippen LogP contribution < -0.4 is 10.2 Å². The molecule has 0 bridgehead atoms. The van der Waals surface area contributed by atoms with Gasteiger partial charge in [-0.2, -0.15) is 0 Å². The number of nitrogens with zero attached hydrogens (tertiary/aromatic N) is 3. The number of piperazine rings is 1. The third kappa shape index (κ3) is 4.83. The van der Waals surface area contributed by atoms with Crippen LogP contribution >= 0.6 is 0 Å². The summed E-state index contributed by atoms with van der Waals surface area (Å²) in [6, 6.07) is 10.1. The van der Waals surface area contributed by atoms with Gasteiger partial charge in [0.25, 0.3) is 0 Å². The van der Waals surface area contributed by atoms with Crippen LogP contribution in [0.2, 0.25) is 0 Å². The molecule has 1 aliphatic carbocycles. The SMILES string of the molecule is CCN(C(=O)C(C)N1CCN(CC(=O)NC2CC2)CC1)c1ccccc1. The number of amides is 2. The first-order valence-electron chi connectivity index (χ1n) is 9.70. The first-order valence-corrected chi connectivity index (χ1v) is 9.70. The van der Waals surface area contributed by atoms with E-state index in [0.29, 0.717) is 19.1 Å². The number of anilines is 1. The van der Waals surface area contributed by atoms with Crippen molar-refractivity contribution in [2.75, 3.05) is 44.2 Å². The van der Waals surface area contributed by atoms with Gasteiger partial charge in [0.1, 0.15) is 0 Å². The molecule has 1 heterocycles. The number of hydrogen-bond donors (Lipinski definition) is 1. The summed E-state index contributed by atoms with van der Waals surface area (Å²) in [4.78, 5) is 31.2. The lowest BCUT2D eigenvalue weighted by Gasteiger charge is -2.38. The van der Waals surface area contributed by atoms with Gasteiger partial charge in [-0.15, -0.1) is 0 Å². The van der Waals surface area contributed by atoms with Crippen LogP contribution in [0.15, 0.2) is 30.3 Å². The Morgan fingerprint density at radius 3 is 2.38 bits per heavy atom. The quantitative estimate of drug-likeness (QED) is 0.799. The van der Waals surface area contributed by atoms with Gasteiger partial charge in [-0.25, -0.2) is 0 Å². The van der Waals surface area contributed by atoms with Crippen molar-refractivity contribution in [2.45, 2.75) is 38.8 Å². The first kappa shape index (κ1) is 18.9. The van der Waals surface area contributed by atoms with Crippen LogP contribution in [0.5, 0.6) is 0 Å². The van der Waals surface area contributed by atoms with Crippen LogP contribution in [-0.4, -0.2) is 73.0 Å². The van der Waals surface area contributed by atoms with Gasteiger partial charge in [0.2, 0.25) is 11.8 Å². The lowest BCUT2D eigenvalue weighted by molar-refractivity contribution is -0.126. The number of rotatable bonds is 7. The Balaban J connectivity index is 1.49. The minimum atomic E-state index is -0.155. The normalized spacial score (nSPS) is 19.8. The van der Waals surface area contributed by atoms with Crippen molar-refractivity contribution < 1.29 is 9.59 Å². The Bertz CT molecular complexity index is 609. The third-order valence-electron chi connectivity index (χ3n) is 5.27. The summed E-state index contributed by atoms with van der Waals surface area (Å²) in [7, 11) is 0. The molecule has 1 unspecified atom stereocenters. The van der Waals surface area contributed by atoms with Crippen molar-refractivity contribution in [3.05, 3.63) is 30.3 Å². The Kier molecular flexibility index (Phi) is 6.27.